The van der Waals surface area contributed by atoms with Gasteiger partial charge in [0.1, 0.15) is 12.2 Å². The summed E-state index contributed by atoms with van der Waals surface area (Å²) < 4.78 is 16.5. The molecule has 0 saturated heterocycles. The zero-order chi connectivity index (χ0) is 17.3. The van der Waals surface area contributed by atoms with Gasteiger partial charge in [-0.1, -0.05) is 28.1 Å². The summed E-state index contributed by atoms with van der Waals surface area (Å²) >= 11 is 3.37. The first-order chi connectivity index (χ1) is 11.5. The van der Waals surface area contributed by atoms with Gasteiger partial charge in [0.2, 0.25) is 6.79 Å². The minimum absolute atomic E-state index is 0.0544. The topological polar surface area (TPSA) is 87.9 Å². The molecule has 0 saturated carbocycles. The maximum absolute atomic E-state index is 12.2. The number of carbonyl (C=O) groups excluding carboxylic acids is 1. The van der Waals surface area contributed by atoms with E-state index in [9.17, 15) is 14.9 Å². The van der Waals surface area contributed by atoms with Gasteiger partial charge >= 0.3 is 5.97 Å². The Kier molecular flexibility index (Phi) is 4.39. The van der Waals surface area contributed by atoms with Crippen LogP contribution in [0.3, 0.4) is 0 Å². The van der Waals surface area contributed by atoms with Gasteiger partial charge in [0.25, 0.3) is 5.69 Å². The molecule has 0 aromatic heterocycles. The number of nitrogens with zero attached hydrogens (tertiary/aromatic N) is 1. The molecule has 3 rings (SSSR count). The van der Waals surface area contributed by atoms with E-state index < -0.39 is 10.9 Å². The summed E-state index contributed by atoms with van der Waals surface area (Å²) in [6.07, 6.45) is 0. The molecule has 1 heterocycles. The van der Waals surface area contributed by atoms with Gasteiger partial charge in [-0.3, -0.25) is 10.1 Å². The zero-order valence-corrected chi connectivity index (χ0v) is 14.2. The number of fused-ring (bicyclic) bond motifs is 1. The summed E-state index contributed by atoms with van der Waals surface area (Å²) in [6.45, 7) is 1.66. The molecule has 8 heteroatoms. The van der Waals surface area contributed by atoms with Gasteiger partial charge in [-0.25, -0.2) is 4.79 Å². The first-order valence-electron chi connectivity index (χ1n) is 6.96. The summed E-state index contributed by atoms with van der Waals surface area (Å²) in [7, 11) is 0. The molecule has 0 spiro atoms. The van der Waals surface area contributed by atoms with Crippen LogP contribution >= 0.6 is 15.9 Å². The molecule has 0 aliphatic carbocycles. The fourth-order valence-electron chi connectivity index (χ4n) is 2.36. The number of carbonyl (C=O) groups is 1. The van der Waals surface area contributed by atoms with Crippen molar-refractivity contribution in [2.75, 3.05) is 6.79 Å². The molecule has 24 heavy (non-hydrogen) atoms. The van der Waals surface area contributed by atoms with Crippen molar-refractivity contribution in [2.45, 2.75) is 13.5 Å². The van der Waals surface area contributed by atoms with Crippen molar-refractivity contribution in [2.24, 2.45) is 0 Å². The van der Waals surface area contributed by atoms with E-state index in [4.69, 9.17) is 14.2 Å². The molecule has 1 aliphatic heterocycles. The Bertz CT molecular complexity index is 836. The van der Waals surface area contributed by atoms with Gasteiger partial charge < -0.3 is 14.2 Å². The van der Waals surface area contributed by atoms with Crippen LogP contribution in [0.5, 0.6) is 11.5 Å². The van der Waals surface area contributed by atoms with Crippen LogP contribution in [0.25, 0.3) is 0 Å². The van der Waals surface area contributed by atoms with Crippen LogP contribution in [-0.2, 0) is 11.3 Å². The van der Waals surface area contributed by atoms with E-state index in [2.05, 4.69) is 15.9 Å². The van der Waals surface area contributed by atoms with Gasteiger partial charge in [0, 0.05) is 15.6 Å². The third kappa shape index (κ3) is 3.05. The Labute approximate surface area is 145 Å². The smallest absolute Gasteiger partial charge is 0.345 e. The van der Waals surface area contributed by atoms with Crippen molar-refractivity contribution in [3.05, 3.63) is 61.6 Å². The molecular formula is C16H12BrNO6. The number of aryl methyl sites for hydroxylation is 1. The van der Waals surface area contributed by atoms with E-state index >= 15 is 0 Å². The van der Waals surface area contributed by atoms with E-state index in [1.807, 2.05) is 0 Å². The van der Waals surface area contributed by atoms with E-state index in [1.165, 1.54) is 6.07 Å². The number of hydrogen-bond acceptors (Lipinski definition) is 6. The first-order valence-corrected chi connectivity index (χ1v) is 7.76. The van der Waals surface area contributed by atoms with Gasteiger partial charge in [0.05, 0.1) is 4.92 Å². The Balaban J connectivity index is 1.80. The molecule has 2 aromatic rings. The SMILES string of the molecule is Cc1cccc(C(=O)OCc2cc3c(cc2Br)OCO3)c1[N+](=O)[O-]. The van der Waals surface area contributed by atoms with Crippen LogP contribution < -0.4 is 9.47 Å². The predicted octanol–water partition coefficient (Wildman–Crippen LogP) is 3.75. The number of nitro groups is 1. The Morgan fingerprint density at radius 1 is 1.33 bits per heavy atom. The quantitative estimate of drug-likeness (QED) is 0.446. The summed E-state index contributed by atoms with van der Waals surface area (Å²) in [6, 6.07) is 7.95. The van der Waals surface area contributed by atoms with Crippen LogP contribution in [0.4, 0.5) is 5.69 Å². The van der Waals surface area contributed by atoms with Crippen LogP contribution in [0.15, 0.2) is 34.8 Å². The van der Waals surface area contributed by atoms with E-state index in [0.717, 1.165) is 0 Å². The second kappa shape index (κ2) is 6.48. The minimum atomic E-state index is -0.755. The number of esters is 1. The highest BCUT2D eigenvalue weighted by atomic mass is 79.9. The number of benzene rings is 2. The summed E-state index contributed by atoms with van der Waals surface area (Å²) in [5.41, 5.74) is 0.755. The number of hydrogen-bond donors (Lipinski definition) is 0. The van der Waals surface area contributed by atoms with Crippen LogP contribution in [-0.4, -0.2) is 17.7 Å². The van der Waals surface area contributed by atoms with Gasteiger partial charge in [-0.15, -0.1) is 0 Å². The third-order valence-corrected chi connectivity index (χ3v) is 4.28. The average Bonchev–Trinajstić information content (AvgIpc) is 2.98. The van der Waals surface area contributed by atoms with Crippen molar-refractivity contribution < 1.29 is 23.9 Å². The molecule has 7 nitrogen and oxygen atoms in total. The molecule has 0 unspecified atom stereocenters. The van der Waals surface area contributed by atoms with Crippen molar-refractivity contribution in [3.8, 4) is 11.5 Å². The van der Waals surface area contributed by atoms with Gasteiger partial charge in [-0.05, 0) is 25.1 Å². The maximum atomic E-state index is 12.2. The summed E-state index contributed by atoms with van der Waals surface area (Å²) in [5.74, 6) is 0.409. The van der Waals surface area contributed by atoms with E-state index in [1.54, 1.807) is 31.2 Å². The Hall–Kier alpha value is -2.61. The van der Waals surface area contributed by atoms with Crippen molar-refractivity contribution in [1.29, 1.82) is 0 Å². The minimum Gasteiger partial charge on any atom is -0.457 e. The summed E-state index contributed by atoms with van der Waals surface area (Å²) in [5, 5.41) is 11.2. The van der Waals surface area contributed by atoms with E-state index in [-0.39, 0.29) is 24.7 Å². The van der Waals surface area contributed by atoms with Crippen molar-refractivity contribution >= 4 is 27.6 Å². The number of nitro benzene ring substituents is 1. The van der Waals surface area contributed by atoms with Crippen LogP contribution in [0, 0.1) is 17.0 Å². The first kappa shape index (κ1) is 16.3. The molecule has 0 fully saturated rings. The largest absolute Gasteiger partial charge is 0.457 e. The highest BCUT2D eigenvalue weighted by Crippen LogP contribution is 2.37. The molecule has 0 amide bonds. The van der Waals surface area contributed by atoms with Crippen molar-refractivity contribution in [1.82, 2.24) is 0 Å². The number of ether oxygens (including phenoxy) is 3. The number of para-hydroxylation sites is 1. The highest BCUT2D eigenvalue weighted by molar-refractivity contribution is 9.10. The highest BCUT2D eigenvalue weighted by Gasteiger charge is 2.24. The monoisotopic (exact) mass is 393 g/mol. The molecule has 0 bridgehead atoms. The molecule has 2 aromatic carbocycles. The second-order valence-corrected chi connectivity index (χ2v) is 5.96. The van der Waals surface area contributed by atoms with Crippen molar-refractivity contribution in [3.63, 3.8) is 0 Å². The van der Waals surface area contributed by atoms with Gasteiger partial charge in [0.15, 0.2) is 11.5 Å². The van der Waals surface area contributed by atoms with Gasteiger partial charge in [-0.2, -0.15) is 0 Å². The summed E-state index contributed by atoms with van der Waals surface area (Å²) in [4.78, 5) is 22.8. The lowest BCUT2D eigenvalue weighted by Crippen LogP contribution is -2.09. The molecule has 1 aliphatic rings. The second-order valence-electron chi connectivity index (χ2n) is 5.10. The van der Waals surface area contributed by atoms with Crippen LogP contribution in [0.2, 0.25) is 0 Å². The lowest BCUT2D eigenvalue weighted by Gasteiger charge is -2.09. The fourth-order valence-corrected chi connectivity index (χ4v) is 2.79. The average molecular weight is 394 g/mol. The number of halogens is 1. The fraction of sp³-hybridized carbons (Fsp3) is 0.188. The normalized spacial score (nSPS) is 12.1. The predicted molar refractivity (Wildman–Crippen MR) is 87.2 cm³/mol. The lowest BCUT2D eigenvalue weighted by atomic mass is 10.1. The molecule has 0 N–H and O–H groups in total. The standard InChI is InChI=1S/C16H12BrNO6/c1-9-3-2-4-11(15(9)18(20)21)16(19)22-7-10-5-13-14(6-12(10)17)24-8-23-13/h2-6H,7-8H2,1H3. The lowest BCUT2D eigenvalue weighted by molar-refractivity contribution is -0.385. The molecular weight excluding hydrogens is 382 g/mol. The third-order valence-electron chi connectivity index (χ3n) is 3.54. The number of rotatable bonds is 4. The Morgan fingerprint density at radius 2 is 2.04 bits per heavy atom. The molecule has 0 radical (unpaired) electrons. The van der Waals surface area contributed by atoms with E-state index in [0.29, 0.717) is 27.1 Å². The Morgan fingerprint density at radius 3 is 2.75 bits per heavy atom. The van der Waals surface area contributed by atoms with Crippen LogP contribution in [0.1, 0.15) is 21.5 Å². The maximum Gasteiger partial charge on any atom is 0.345 e. The molecule has 0 atom stereocenters. The zero-order valence-electron chi connectivity index (χ0n) is 12.6. The molecule has 124 valence electrons.